The fourth-order valence-electron chi connectivity index (χ4n) is 2.63. The molecule has 3 nitrogen and oxygen atoms in total. The topological polar surface area (TPSA) is 33.2 Å². The second kappa shape index (κ2) is 9.09. The van der Waals surface area contributed by atoms with Gasteiger partial charge in [-0.05, 0) is 56.4 Å². The highest BCUT2D eigenvalue weighted by atomic mass is 16.2. The Kier molecular flexibility index (Phi) is 6.79. The van der Waals surface area contributed by atoms with E-state index < -0.39 is 0 Å². The van der Waals surface area contributed by atoms with Gasteiger partial charge in [0.1, 0.15) is 0 Å². The summed E-state index contributed by atoms with van der Waals surface area (Å²) in [4.78, 5) is 18.3. The first-order chi connectivity index (χ1) is 11.2. The molecule has 2 aromatic rings. The molecular formula is C20H26N2O. The predicted molar refractivity (Wildman–Crippen MR) is 94.3 cm³/mol. The summed E-state index contributed by atoms with van der Waals surface area (Å²) in [6.45, 7) is 5.69. The second-order valence-corrected chi connectivity index (χ2v) is 5.92. The largest absolute Gasteiger partial charge is 0.343 e. The van der Waals surface area contributed by atoms with Crippen molar-refractivity contribution in [3.63, 3.8) is 0 Å². The summed E-state index contributed by atoms with van der Waals surface area (Å²) in [6, 6.07) is 12.6. The van der Waals surface area contributed by atoms with E-state index >= 15 is 0 Å². The summed E-state index contributed by atoms with van der Waals surface area (Å²) in [5.41, 5.74) is 3.81. The van der Waals surface area contributed by atoms with Crippen LogP contribution in [0.1, 0.15) is 36.5 Å². The van der Waals surface area contributed by atoms with Crippen molar-refractivity contribution in [1.82, 2.24) is 9.88 Å². The van der Waals surface area contributed by atoms with Crippen LogP contribution in [0, 0.1) is 6.92 Å². The van der Waals surface area contributed by atoms with E-state index in [9.17, 15) is 4.79 Å². The zero-order valence-corrected chi connectivity index (χ0v) is 14.2. The van der Waals surface area contributed by atoms with Crippen LogP contribution in [0.3, 0.4) is 0 Å². The Morgan fingerprint density at radius 1 is 1.00 bits per heavy atom. The number of carbonyl (C=O) groups is 1. The van der Waals surface area contributed by atoms with Crippen molar-refractivity contribution in [2.45, 2.75) is 39.5 Å². The molecule has 3 heteroatoms. The number of nitrogens with zero attached hydrogens (tertiary/aromatic N) is 2. The molecule has 0 N–H and O–H groups in total. The molecule has 1 amide bonds. The van der Waals surface area contributed by atoms with Crippen molar-refractivity contribution < 1.29 is 4.79 Å². The van der Waals surface area contributed by atoms with Gasteiger partial charge in [-0.15, -0.1) is 0 Å². The van der Waals surface area contributed by atoms with Crippen LogP contribution in [0.4, 0.5) is 0 Å². The average molecular weight is 310 g/mol. The number of pyridine rings is 1. The highest BCUT2D eigenvalue weighted by Gasteiger charge is 2.11. The van der Waals surface area contributed by atoms with Gasteiger partial charge in [-0.3, -0.25) is 9.78 Å². The van der Waals surface area contributed by atoms with Gasteiger partial charge in [-0.2, -0.15) is 0 Å². The lowest BCUT2D eigenvalue weighted by Crippen LogP contribution is -2.32. The van der Waals surface area contributed by atoms with Gasteiger partial charge in [0.25, 0.3) is 0 Å². The molecule has 0 aliphatic rings. The first kappa shape index (κ1) is 17.2. The molecule has 0 spiro atoms. The molecule has 2 rings (SSSR count). The van der Waals surface area contributed by atoms with E-state index in [0.29, 0.717) is 6.42 Å². The van der Waals surface area contributed by atoms with Crippen molar-refractivity contribution in [2.75, 3.05) is 13.1 Å². The maximum atomic E-state index is 12.4. The fourth-order valence-corrected chi connectivity index (χ4v) is 2.63. The molecule has 0 aliphatic carbocycles. The summed E-state index contributed by atoms with van der Waals surface area (Å²) in [5.74, 6) is 0.258. The maximum absolute atomic E-state index is 12.4. The molecule has 1 heterocycles. The minimum Gasteiger partial charge on any atom is -0.343 e. The van der Waals surface area contributed by atoms with E-state index in [4.69, 9.17) is 0 Å². The molecule has 0 bridgehead atoms. The van der Waals surface area contributed by atoms with Crippen molar-refractivity contribution >= 4 is 5.91 Å². The highest BCUT2D eigenvalue weighted by molar-refractivity contribution is 5.76. The third-order valence-electron chi connectivity index (χ3n) is 4.13. The lowest BCUT2D eigenvalue weighted by molar-refractivity contribution is -0.131. The molecule has 1 aromatic heterocycles. The smallest absolute Gasteiger partial charge is 0.222 e. The molecule has 0 radical (unpaired) electrons. The van der Waals surface area contributed by atoms with Gasteiger partial charge in [0.15, 0.2) is 0 Å². The summed E-state index contributed by atoms with van der Waals surface area (Å²) < 4.78 is 0. The normalized spacial score (nSPS) is 10.5. The van der Waals surface area contributed by atoms with Gasteiger partial charge in [0, 0.05) is 31.9 Å². The van der Waals surface area contributed by atoms with E-state index in [1.54, 1.807) is 12.4 Å². The highest BCUT2D eigenvalue weighted by Crippen LogP contribution is 2.09. The second-order valence-electron chi connectivity index (χ2n) is 5.92. The monoisotopic (exact) mass is 310 g/mol. The minimum atomic E-state index is 0.258. The number of carbonyl (C=O) groups excluding carboxylic acids is 1. The average Bonchev–Trinajstić information content (AvgIpc) is 2.58. The molecule has 1 aromatic carbocycles. The third-order valence-corrected chi connectivity index (χ3v) is 4.13. The molecule has 0 saturated carbocycles. The standard InChI is InChI=1S/C20H26N2O/c1-3-22(16-13-19-11-14-21-15-12-19)20(23)6-4-5-18-9-7-17(2)8-10-18/h7-12,14-15H,3-6,13,16H2,1-2H3. The molecule has 0 atom stereocenters. The predicted octanol–water partition coefficient (Wildman–Crippen LogP) is 3.80. The van der Waals surface area contributed by atoms with Gasteiger partial charge >= 0.3 is 0 Å². The molecule has 23 heavy (non-hydrogen) atoms. The van der Waals surface area contributed by atoms with Gasteiger partial charge in [0.05, 0.1) is 0 Å². The lowest BCUT2D eigenvalue weighted by atomic mass is 10.1. The van der Waals surface area contributed by atoms with E-state index in [-0.39, 0.29) is 5.91 Å². The number of amides is 1. The first-order valence-electron chi connectivity index (χ1n) is 8.41. The van der Waals surface area contributed by atoms with Crippen LogP contribution in [0.2, 0.25) is 0 Å². The number of rotatable bonds is 8. The summed E-state index contributed by atoms with van der Waals surface area (Å²) in [5, 5.41) is 0. The van der Waals surface area contributed by atoms with Crippen molar-refractivity contribution in [3.05, 3.63) is 65.5 Å². The summed E-state index contributed by atoms with van der Waals surface area (Å²) >= 11 is 0. The van der Waals surface area contributed by atoms with Crippen LogP contribution in [-0.2, 0) is 17.6 Å². The Labute approximate surface area is 139 Å². The van der Waals surface area contributed by atoms with Crippen LogP contribution in [-0.4, -0.2) is 28.9 Å². The number of likely N-dealkylation sites (N-methyl/N-ethyl adjacent to an activating group) is 1. The fraction of sp³-hybridized carbons (Fsp3) is 0.400. The van der Waals surface area contributed by atoms with Crippen LogP contribution in [0.5, 0.6) is 0 Å². The quantitative estimate of drug-likeness (QED) is 0.743. The van der Waals surface area contributed by atoms with Crippen LogP contribution < -0.4 is 0 Å². The van der Waals surface area contributed by atoms with Crippen LogP contribution in [0.25, 0.3) is 0 Å². The number of aryl methyl sites for hydroxylation is 2. The summed E-state index contributed by atoms with van der Waals surface area (Å²) in [7, 11) is 0. The van der Waals surface area contributed by atoms with Gasteiger partial charge in [-0.1, -0.05) is 29.8 Å². The third kappa shape index (κ3) is 5.85. The van der Waals surface area contributed by atoms with Gasteiger partial charge < -0.3 is 4.90 Å². The zero-order chi connectivity index (χ0) is 16.5. The number of aromatic nitrogens is 1. The Bertz CT molecular complexity index is 593. The maximum Gasteiger partial charge on any atom is 0.222 e. The number of benzene rings is 1. The Balaban J connectivity index is 1.75. The Hall–Kier alpha value is -2.16. The SMILES string of the molecule is CCN(CCc1ccncc1)C(=O)CCCc1ccc(C)cc1. The van der Waals surface area contributed by atoms with E-state index in [1.165, 1.54) is 16.7 Å². The van der Waals surface area contributed by atoms with Crippen LogP contribution in [0.15, 0.2) is 48.8 Å². The lowest BCUT2D eigenvalue weighted by Gasteiger charge is -2.21. The Morgan fingerprint density at radius 2 is 1.65 bits per heavy atom. The van der Waals surface area contributed by atoms with Crippen LogP contribution >= 0.6 is 0 Å². The van der Waals surface area contributed by atoms with E-state index in [2.05, 4.69) is 36.2 Å². The minimum absolute atomic E-state index is 0.258. The van der Waals surface area contributed by atoms with Gasteiger partial charge in [-0.25, -0.2) is 0 Å². The van der Waals surface area contributed by atoms with E-state index in [0.717, 1.165) is 32.4 Å². The molecule has 122 valence electrons. The summed E-state index contributed by atoms with van der Waals surface area (Å²) in [6.07, 6.45) is 6.99. The molecular weight excluding hydrogens is 284 g/mol. The molecule has 0 saturated heterocycles. The molecule has 0 fully saturated rings. The molecule has 0 aliphatic heterocycles. The number of hydrogen-bond acceptors (Lipinski definition) is 2. The molecule has 0 unspecified atom stereocenters. The van der Waals surface area contributed by atoms with Crippen molar-refractivity contribution in [2.24, 2.45) is 0 Å². The first-order valence-corrected chi connectivity index (χ1v) is 8.41. The van der Waals surface area contributed by atoms with Crippen molar-refractivity contribution in [1.29, 1.82) is 0 Å². The Morgan fingerprint density at radius 3 is 2.30 bits per heavy atom. The van der Waals surface area contributed by atoms with E-state index in [1.807, 2.05) is 24.0 Å². The van der Waals surface area contributed by atoms with Gasteiger partial charge in [0.2, 0.25) is 5.91 Å². The van der Waals surface area contributed by atoms with Crippen molar-refractivity contribution in [3.8, 4) is 0 Å². The zero-order valence-electron chi connectivity index (χ0n) is 14.2. The number of hydrogen-bond donors (Lipinski definition) is 0.